The number of amides is 1. The van der Waals surface area contributed by atoms with Gasteiger partial charge in [-0.1, -0.05) is 35.9 Å². The fourth-order valence-electron chi connectivity index (χ4n) is 1.74. The molecule has 2 rings (SSSR count). The quantitative estimate of drug-likeness (QED) is 0.867. The third-order valence-corrected chi connectivity index (χ3v) is 4.29. The van der Waals surface area contributed by atoms with Crippen LogP contribution in [0.1, 0.15) is 11.1 Å². The van der Waals surface area contributed by atoms with Gasteiger partial charge in [0.05, 0.1) is 5.75 Å². The van der Waals surface area contributed by atoms with Crippen LogP contribution in [0.25, 0.3) is 0 Å². The highest BCUT2D eigenvalue weighted by atomic mass is 35.5. The minimum absolute atomic E-state index is 0.128. The van der Waals surface area contributed by atoms with Crippen molar-refractivity contribution < 1.29 is 9.18 Å². The van der Waals surface area contributed by atoms with Gasteiger partial charge in [-0.15, -0.1) is 11.8 Å². The Bertz CT molecular complexity index is 648. The van der Waals surface area contributed by atoms with Crippen molar-refractivity contribution in [1.29, 1.82) is 0 Å². The summed E-state index contributed by atoms with van der Waals surface area (Å²) < 4.78 is 13.4. The third-order valence-electron chi connectivity index (χ3n) is 2.90. The number of hydrogen-bond donors (Lipinski definition) is 1. The predicted octanol–water partition coefficient (Wildman–Crippen LogP) is 4.66. The maximum atomic E-state index is 13.4. The fraction of sp³-hybridized carbons (Fsp3) is 0.188. The van der Waals surface area contributed by atoms with Crippen molar-refractivity contribution in [3.8, 4) is 0 Å². The van der Waals surface area contributed by atoms with E-state index in [4.69, 9.17) is 11.6 Å². The molecule has 2 aromatic carbocycles. The molecule has 0 aliphatic carbocycles. The van der Waals surface area contributed by atoms with Crippen molar-refractivity contribution in [3.05, 3.63) is 64.4 Å². The van der Waals surface area contributed by atoms with Crippen LogP contribution in [0, 0.1) is 12.7 Å². The van der Waals surface area contributed by atoms with E-state index >= 15 is 0 Å². The Morgan fingerprint density at radius 2 is 2.05 bits per heavy atom. The number of aryl methyl sites for hydroxylation is 1. The minimum atomic E-state index is -0.240. The van der Waals surface area contributed by atoms with Gasteiger partial charge in [0.2, 0.25) is 5.91 Å². The number of anilines is 1. The second-order valence-electron chi connectivity index (χ2n) is 4.60. The Morgan fingerprint density at radius 3 is 2.76 bits per heavy atom. The summed E-state index contributed by atoms with van der Waals surface area (Å²) in [5.74, 6) is 0.362. The molecule has 0 radical (unpaired) electrons. The van der Waals surface area contributed by atoms with Crippen molar-refractivity contribution in [1.82, 2.24) is 0 Å². The molecule has 0 saturated heterocycles. The second kappa shape index (κ2) is 7.48. The van der Waals surface area contributed by atoms with Crippen molar-refractivity contribution in [2.75, 3.05) is 11.1 Å². The molecule has 0 spiro atoms. The van der Waals surface area contributed by atoms with Gasteiger partial charge in [0.15, 0.2) is 0 Å². The molecule has 0 atom stereocenters. The number of carbonyl (C=O) groups is 1. The second-order valence-corrected chi connectivity index (χ2v) is 5.99. The van der Waals surface area contributed by atoms with Crippen molar-refractivity contribution in [3.63, 3.8) is 0 Å². The lowest BCUT2D eigenvalue weighted by Gasteiger charge is -2.07. The van der Waals surface area contributed by atoms with E-state index in [9.17, 15) is 9.18 Å². The number of halogens is 2. The molecule has 0 aliphatic heterocycles. The number of hydrogen-bond acceptors (Lipinski definition) is 2. The molecule has 0 heterocycles. The van der Waals surface area contributed by atoms with Crippen LogP contribution < -0.4 is 5.32 Å². The lowest BCUT2D eigenvalue weighted by molar-refractivity contribution is -0.113. The van der Waals surface area contributed by atoms with Gasteiger partial charge in [0.1, 0.15) is 5.82 Å². The molecular formula is C16H15ClFNOS. The van der Waals surface area contributed by atoms with Gasteiger partial charge in [0, 0.05) is 16.5 Å². The van der Waals surface area contributed by atoms with Crippen LogP contribution in [-0.2, 0) is 10.5 Å². The standard InChI is InChI=1S/C16H15ClFNOS/c1-11-6-7-13(8-14(11)17)19-16(20)10-21-9-12-4-2-3-5-15(12)18/h2-8H,9-10H2,1H3,(H,19,20). The van der Waals surface area contributed by atoms with E-state index in [1.165, 1.54) is 17.8 Å². The summed E-state index contributed by atoms with van der Waals surface area (Å²) in [6, 6.07) is 12.0. The minimum Gasteiger partial charge on any atom is -0.325 e. The number of rotatable bonds is 5. The monoisotopic (exact) mass is 323 g/mol. The summed E-state index contributed by atoms with van der Waals surface area (Å²) >= 11 is 7.37. The lowest BCUT2D eigenvalue weighted by atomic mass is 10.2. The van der Waals surface area contributed by atoms with E-state index in [1.807, 2.05) is 13.0 Å². The highest BCUT2D eigenvalue weighted by molar-refractivity contribution is 7.99. The first kappa shape index (κ1) is 15.9. The first-order valence-corrected chi connectivity index (χ1v) is 7.96. The van der Waals surface area contributed by atoms with Crippen LogP contribution in [0.3, 0.4) is 0 Å². The van der Waals surface area contributed by atoms with Crippen LogP contribution in [0.4, 0.5) is 10.1 Å². The lowest BCUT2D eigenvalue weighted by Crippen LogP contribution is -2.14. The van der Waals surface area contributed by atoms with Gasteiger partial charge in [-0.25, -0.2) is 4.39 Å². The predicted molar refractivity (Wildman–Crippen MR) is 87.4 cm³/mol. The highest BCUT2D eigenvalue weighted by Crippen LogP contribution is 2.20. The maximum Gasteiger partial charge on any atom is 0.234 e. The van der Waals surface area contributed by atoms with E-state index in [-0.39, 0.29) is 17.5 Å². The molecule has 0 saturated carbocycles. The average Bonchev–Trinajstić information content (AvgIpc) is 2.45. The Balaban J connectivity index is 1.82. The maximum absolute atomic E-state index is 13.4. The van der Waals surface area contributed by atoms with E-state index < -0.39 is 0 Å². The summed E-state index contributed by atoms with van der Waals surface area (Å²) in [5.41, 5.74) is 2.24. The highest BCUT2D eigenvalue weighted by Gasteiger charge is 2.06. The molecule has 0 bridgehead atoms. The Labute approximate surface area is 132 Å². The normalized spacial score (nSPS) is 10.4. The van der Waals surface area contributed by atoms with Crippen LogP contribution in [0.15, 0.2) is 42.5 Å². The topological polar surface area (TPSA) is 29.1 Å². The molecule has 0 fully saturated rings. The molecule has 21 heavy (non-hydrogen) atoms. The molecule has 0 aliphatic rings. The smallest absolute Gasteiger partial charge is 0.234 e. The zero-order valence-electron chi connectivity index (χ0n) is 11.5. The summed E-state index contributed by atoms with van der Waals surface area (Å²) in [7, 11) is 0. The molecule has 0 unspecified atom stereocenters. The number of thioether (sulfide) groups is 1. The first-order valence-electron chi connectivity index (χ1n) is 6.43. The molecule has 2 nitrogen and oxygen atoms in total. The van der Waals surface area contributed by atoms with Crippen molar-refractivity contribution >= 4 is 35.0 Å². The number of carbonyl (C=O) groups excluding carboxylic acids is 1. The van der Waals surface area contributed by atoms with Gasteiger partial charge >= 0.3 is 0 Å². The molecule has 1 N–H and O–H groups in total. The third kappa shape index (κ3) is 4.76. The van der Waals surface area contributed by atoms with Crippen LogP contribution >= 0.6 is 23.4 Å². The van der Waals surface area contributed by atoms with Gasteiger partial charge in [-0.05, 0) is 36.2 Å². The molecule has 1 amide bonds. The van der Waals surface area contributed by atoms with Crippen LogP contribution in [0.2, 0.25) is 5.02 Å². The van der Waals surface area contributed by atoms with E-state index in [1.54, 1.807) is 30.3 Å². The van der Waals surface area contributed by atoms with Crippen molar-refractivity contribution in [2.45, 2.75) is 12.7 Å². The van der Waals surface area contributed by atoms with Crippen LogP contribution in [0.5, 0.6) is 0 Å². The zero-order valence-corrected chi connectivity index (χ0v) is 13.1. The zero-order chi connectivity index (χ0) is 15.2. The molecule has 2 aromatic rings. The van der Waals surface area contributed by atoms with Gasteiger partial charge in [-0.2, -0.15) is 0 Å². The number of nitrogens with one attached hydrogen (secondary N) is 1. The van der Waals surface area contributed by atoms with E-state index in [0.717, 1.165) is 5.56 Å². The molecule has 110 valence electrons. The summed E-state index contributed by atoms with van der Waals surface area (Å²) in [6.07, 6.45) is 0. The first-order chi connectivity index (χ1) is 10.1. The largest absolute Gasteiger partial charge is 0.325 e. The summed E-state index contributed by atoms with van der Waals surface area (Å²) in [5, 5.41) is 3.39. The Hall–Kier alpha value is -1.52. The molecule has 0 aromatic heterocycles. The molecular weight excluding hydrogens is 309 g/mol. The van der Waals surface area contributed by atoms with Gasteiger partial charge in [0.25, 0.3) is 0 Å². The van der Waals surface area contributed by atoms with Gasteiger partial charge in [-0.3, -0.25) is 4.79 Å². The Kier molecular flexibility index (Phi) is 5.65. The number of benzene rings is 2. The van der Waals surface area contributed by atoms with Gasteiger partial charge < -0.3 is 5.32 Å². The van der Waals surface area contributed by atoms with Crippen molar-refractivity contribution in [2.24, 2.45) is 0 Å². The fourth-order valence-corrected chi connectivity index (χ4v) is 2.73. The summed E-state index contributed by atoms with van der Waals surface area (Å²) in [6.45, 7) is 1.90. The Morgan fingerprint density at radius 1 is 1.29 bits per heavy atom. The SMILES string of the molecule is Cc1ccc(NC(=O)CSCc2ccccc2F)cc1Cl. The van der Waals surface area contributed by atoms with E-state index in [2.05, 4.69) is 5.32 Å². The molecule has 5 heteroatoms. The van der Waals surface area contributed by atoms with E-state index in [0.29, 0.717) is 22.0 Å². The van der Waals surface area contributed by atoms with Crippen LogP contribution in [-0.4, -0.2) is 11.7 Å². The summed E-state index contributed by atoms with van der Waals surface area (Å²) in [4.78, 5) is 11.8. The average molecular weight is 324 g/mol.